The van der Waals surface area contributed by atoms with E-state index >= 15 is 0 Å². The predicted octanol–water partition coefficient (Wildman–Crippen LogP) is 1.39. The Labute approximate surface area is 123 Å². The second kappa shape index (κ2) is 5.48. The molecule has 0 bridgehead atoms. The maximum Gasteiger partial charge on any atom is 0.246 e. The Kier molecular flexibility index (Phi) is 4.24. The second-order valence-electron chi connectivity index (χ2n) is 5.08. The summed E-state index contributed by atoms with van der Waals surface area (Å²) in [4.78, 5) is 1.50. The third-order valence-electron chi connectivity index (χ3n) is 3.51. The van der Waals surface area contributed by atoms with Gasteiger partial charge in [-0.3, -0.25) is 0 Å². The van der Waals surface area contributed by atoms with Gasteiger partial charge in [-0.05, 0) is 32.6 Å². The van der Waals surface area contributed by atoms with Crippen LogP contribution in [0.25, 0.3) is 0 Å². The normalized spacial score (nSPS) is 20.8. The van der Waals surface area contributed by atoms with Crippen molar-refractivity contribution in [2.45, 2.75) is 17.4 Å². The highest BCUT2D eigenvalue weighted by Gasteiger charge is 2.35. The second-order valence-corrected chi connectivity index (χ2v) is 7.42. The fourth-order valence-corrected chi connectivity index (χ4v) is 4.17. The number of nitrogens with zero attached hydrogens (tertiary/aromatic N) is 2. The Balaban J connectivity index is 2.37. The number of likely N-dealkylation sites (N-methyl/N-ethyl adjacent to an activating group) is 1. The summed E-state index contributed by atoms with van der Waals surface area (Å²) in [6, 6.07) is 2.43. The Bertz CT molecular complexity index is 621. The SMILES string of the molecule is CN(C)C1CCN(S(=O)(=O)c2cc(Cl)cc(N)c2F)C1. The van der Waals surface area contributed by atoms with Gasteiger partial charge < -0.3 is 10.6 Å². The van der Waals surface area contributed by atoms with Crippen molar-refractivity contribution < 1.29 is 12.8 Å². The van der Waals surface area contributed by atoms with E-state index in [1.807, 2.05) is 19.0 Å². The van der Waals surface area contributed by atoms with Gasteiger partial charge in [-0.25, -0.2) is 12.8 Å². The van der Waals surface area contributed by atoms with Gasteiger partial charge in [0.15, 0.2) is 5.82 Å². The van der Waals surface area contributed by atoms with Crippen molar-refractivity contribution in [2.75, 3.05) is 32.9 Å². The highest BCUT2D eigenvalue weighted by Crippen LogP contribution is 2.29. The molecule has 0 amide bonds. The van der Waals surface area contributed by atoms with E-state index in [2.05, 4.69) is 0 Å². The minimum absolute atomic E-state index is 0.103. The molecule has 0 radical (unpaired) electrons. The van der Waals surface area contributed by atoms with Gasteiger partial charge >= 0.3 is 0 Å². The zero-order valence-corrected chi connectivity index (χ0v) is 12.9. The quantitative estimate of drug-likeness (QED) is 0.854. The van der Waals surface area contributed by atoms with E-state index in [9.17, 15) is 12.8 Å². The summed E-state index contributed by atoms with van der Waals surface area (Å²) in [5.41, 5.74) is 5.18. The molecule has 5 nitrogen and oxygen atoms in total. The van der Waals surface area contributed by atoms with Crippen LogP contribution in [0.1, 0.15) is 6.42 Å². The fourth-order valence-electron chi connectivity index (χ4n) is 2.26. The van der Waals surface area contributed by atoms with Gasteiger partial charge in [-0.15, -0.1) is 0 Å². The number of sulfonamides is 1. The van der Waals surface area contributed by atoms with E-state index in [0.717, 1.165) is 6.07 Å². The molecule has 1 unspecified atom stereocenters. The van der Waals surface area contributed by atoms with Crippen LogP contribution in [-0.4, -0.2) is 50.8 Å². The van der Waals surface area contributed by atoms with Gasteiger partial charge in [-0.1, -0.05) is 11.6 Å². The molecular formula is C12H17ClFN3O2S. The van der Waals surface area contributed by atoms with E-state index in [1.165, 1.54) is 10.4 Å². The van der Waals surface area contributed by atoms with Crippen LogP contribution in [0.5, 0.6) is 0 Å². The fraction of sp³-hybridized carbons (Fsp3) is 0.500. The molecule has 0 aliphatic carbocycles. The summed E-state index contributed by atoms with van der Waals surface area (Å²) in [5, 5.41) is 0.103. The van der Waals surface area contributed by atoms with Gasteiger partial charge in [0.1, 0.15) is 4.90 Å². The van der Waals surface area contributed by atoms with Gasteiger partial charge in [-0.2, -0.15) is 4.31 Å². The molecule has 1 heterocycles. The summed E-state index contributed by atoms with van der Waals surface area (Å²) >= 11 is 5.78. The number of nitrogens with two attached hydrogens (primary N) is 1. The number of hydrogen-bond acceptors (Lipinski definition) is 4. The third-order valence-corrected chi connectivity index (χ3v) is 5.59. The van der Waals surface area contributed by atoms with E-state index < -0.39 is 20.7 Å². The van der Waals surface area contributed by atoms with Crippen LogP contribution < -0.4 is 5.73 Å². The number of hydrogen-bond donors (Lipinski definition) is 1. The van der Waals surface area contributed by atoms with Crippen LogP contribution in [0.4, 0.5) is 10.1 Å². The first-order chi connectivity index (χ1) is 9.23. The lowest BCUT2D eigenvalue weighted by atomic mass is 10.2. The van der Waals surface area contributed by atoms with Gasteiger partial charge in [0.05, 0.1) is 5.69 Å². The monoisotopic (exact) mass is 321 g/mol. The molecule has 1 aliphatic heterocycles. The molecule has 0 saturated carbocycles. The molecule has 112 valence electrons. The number of halogens is 2. The average molecular weight is 322 g/mol. The van der Waals surface area contributed by atoms with E-state index in [-0.39, 0.29) is 16.8 Å². The Morgan fingerprint density at radius 1 is 1.45 bits per heavy atom. The molecule has 20 heavy (non-hydrogen) atoms. The van der Waals surface area contributed by atoms with Crippen LogP contribution in [0.15, 0.2) is 17.0 Å². The van der Waals surface area contributed by atoms with Gasteiger partial charge in [0.25, 0.3) is 0 Å². The van der Waals surface area contributed by atoms with E-state index in [1.54, 1.807) is 0 Å². The molecule has 8 heteroatoms. The Hall–Kier alpha value is -0.890. The van der Waals surface area contributed by atoms with Crippen molar-refractivity contribution >= 4 is 27.3 Å². The first-order valence-corrected chi connectivity index (χ1v) is 7.96. The highest BCUT2D eigenvalue weighted by molar-refractivity contribution is 7.89. The lowest BCUT2D eigenvalue weighted by Crippen LogP contribution is -2.34. The van der Waals surface area contributed by atoms with E-state index in [0.29, 0.717) is 19.5 Å². The average Bonchev–Trinajstić information content (AvgIpc) is 2.83. The smallest absolute Gasteiger partial charge is 0.246 e. The predicted molar refractivity (Wildman–Crippen MR) is 76.7 cm³/mol. The molecule has 1 aromatic rings. The van der Waals surface area contributed by atoms with E-state index in [4.69, 9.17) is 17.3 Å². The summed E-state index contributed by atoms with van der Waals surface area (Å²) < 4.78 is 40.2. The van der Waals surface area contributed by atoms with Crippen molar-refractivity contribution in [2.24, 2.45) is 0 Å². The molecule has 1 fully saturated rings. The number of nitrogen functional groups attached to an aromatic ring is 1. The van der Waals surface area contributed by atoms with Crippen LogP contribution in [0.2, 0.25) is 5.02 Å². The summed E-state index contributed by atoms with van der Waals surface area (Å²) in [6.45, 7) is 0.693. The number of benzene rings is 1. The lowest BCUT2D eigenvalue weighted by Gasteiger charge is -2.20. The van der Waals surface area contributed by atoms with Crippen molar-refractivity contribution in [3.05, 3.63) is 23.0 Å². The lowest BCUT2D eigenvalue weighted by molar-refractivity contribution is 0.302. The van der Waals surface area contributed by atoms with Crippen LogP contribution in [-0.2, 0) is 10.0 Å². The number of rotatable bonds is 3. The zero-order valence-electron chi connectivity index (χ0n) is 11.3. The zero-order chi connectivity index (χ0) is 15.1. The molecule has 0 aromatic heterocycles. The third kappa shape index (κ3) is 2.76. The number of anilines is 1. The first kappa shape index (κ1) is 15.5. The molecule has 1 saturated heterocycles. The standard InChI is InChI=1S/C12H17ClFN3O2S/c1-16(2)9-3-4-17(7-9)20(18,19)11-6-8(13)5-10(15)12(11)14/h5-6,9H,3-4,7,15H2,1-2H3. The minimum atomic E-state index is -3.91. The summed E-state index contributed by atoms with van der Waals surface area (Å²) in [7, 11) is -0.138. The molecule has 1 atom stereocenters. The molecular weight excluding hydrogens is 305 g/mol. The molecule has 1 aliphatic rings. The van der Waals surface area contributed by atoms with Crippen molar-refractivity contribution in [3.8, 4) is 0 Å². The molecule has 1 aromatic carbocycles. The van der Waals surface area contributed by atoms with Gasteiger partial charge in [0, 0.05) is 24.2 Å². The van der Waals surface area contributed by atoms with Crippen LogP contribution >= 0.6 is 11.6 Å². The molecule has 2 rings (SSSR count). The topological polar surface area (TPSA) is 66.6 Å². The summed E-state index contributed by atoms with van der Waals surface area (Å²) in [6.07, 6.45) is 0.712. The summed E-state index contributed by atoms with van der Waals surface area (Å²) in [5.74, 6) is -0.942. The van der Waals surface area contributed by atoms with Crippen LogP contribution in [0, 0.1) is 5.82 Å². The Morgan fingerprint density at radius 3 is 2.65 bits per heavy atom. The minimum Gasteiger partial charge on any atom is -0.396 e. The van der Waals surface area contributed by atoms with Crippen LogP contribution in [0.3, 0.4) is 0 Å². The molecule has 2 N–H and O–H groups in total. The first-order valence-electron chi connectivity index (χ1n) is 6.14. The highest BCUT2D eigenvalue weighted by atomic mass is 35.5. The Morgan fingerprint density at radius 2 is 2.10 bits per heavy atom. The maximum atomic E-state index is 14.0. The van der Waals surface area contributed by atoms with Crippen molar-refractivity contribution in [3.63, 3.8) is 0 Å². The maximum absolute atomic E-state index is 14.0. The van der Waals surface area contributed by atoms with Crippen molar-refractivity contribution in [1.82, 2.24) is 9.21 Å². The van der Waals surface area contributed by atoms with Crippen molar-refractivity contribution in [1.29, 1.82) is 0 Å². The molecule has 0 spiro atoms. The largest absolute Gasteiger partial charge is 0.396 e. The van der Waals surface area contributed by atoms with Gasteiger partial charge in [0.2, 0.25) is 10.0 Å².